The predicted molar refractivity (Wildman–Crippen MR) is 81.1 cm³/mol. The van der Waals surface area contributed by atoms with Crippen LogP contribution in [0, 0.1) is 6.92 Å². The average molecular weight is 283 g/mol. The number of rotatable bonds is 4. The summed E-state index contributed by atoms with van der Waals surface area (Å²) in [5.74, 6) is 0.621. The van der Waals surface area contributed by atoms with Gasteiger partial charge in [0.2, 0.25) is 0 Å². The third kappa shape index (κ3) is 2.35. The number of fused-ring (bicyclic) bond motifs is 1. The van der Waals surface area contributed by atoms with Crippen LogP contribution in [-0.4, -0.2) is 14.9 Å². The number of aromatic nitrogens is 3. The molecule has 0 fully saturated rings. The standard InChI is InChI=1S/C16H17N3O2/c1-3-4-10-19-16(20)15-13(11(2)21-18-15)14(17-19)12-8-6-5-7-9-12/h5-9H,3-4,10H2,1-2H3. The van der Waals surface area contributed by atoms with Gasteiger partial charge < -0.3 is 4.52 Å². The van der Waals surface area contributed by atoms with Gasteiger partial charge in [0.25, 0.3) is 5.56 Å². The van der Waals surface area contributed by atoms with E-state index in [-0.39, 0.29) is 5.56 Å². The normalized spacial score (nSPS) is 11.1. The molecule has 3 rings (SSSR count). The highest BCUT2D eigenvalue weighted by atomic mass is 16.5. The van der Waals surface area contributed by atoms with Crippen LogP contribution in [0.2, 0.25) is 0 Å². The van der Waals surface area contributed by atoms with Crippen molar-refractivity contribution in [3.8, 4) is 11.3 Å². The van der Waals surface area contributed by atoms with Crippen molar-refractivity contribution in [2.24, 2.45) is 0 Å². The van der Waals surface area contributed by atoms with Crippen LogP contribution in [0.15, 0.2) is 39.6 Å². The molecule has 21 heavy (non-hydrogen) atoms. The minimum Gasteiger partial charge on any atom is -0.360 e. The topological polar surface area (TPSA) is 60.9 Å². The van der Waals surface area contributed by atoms with Crippen molar-refractivity contribution < 1.29 is 4.52 Å². The van der Waals surface area contributed by atoms with Crippen LogP contribution in [0.4, 0.5) is 0 Å². The van der Waals surface area contributed by atoms with Crippen molar-refractivity contribution in [2.45, 2.75) is 33.2 Å². The van der Waals surface area contributed by atoms with E-state index >= 15 is 0 Å². The summed E-state index contributed by atoms with van der Waals surface area (Å²) in [4.78, 5) is 12.4. The first-order valence-electron chi connectivity index (χ1n) is 7.15. The molecular weight excluding hydrogens is 266 g/mol. The molecule has 0 saturated heterocycles. The molecule has 0 N–H and O–H groups in total. The Morgan fingerprint density at radius 1 is 1.24 bits per heavy atom. The highest BCUT2D eigenvalue weighted by Gasteiger charge is 2.18. The third-order valence-corrected chi connectivity index (χ3v) is 3.53. The molecule has 0 aliphatic heterocycles. The number of unbranched alkanes of at least 4 members (excludes halogenated alkanes) is 1. The Morgan fingerprint density at radius 2 is 2.00 bits per heavy atom. The minimum atomic E-state index is -0.185. The smallest absolute Gasteiger partial charge is 0.296 e. The molecule has 108 valence electrons. The van der Waals surface area contributed by atoms with Gasteiger partial charge in [-0.05, 0) is 13.3 Å². The van der Waals surface area contributed by atoms with Gasteiger partial charge in [-0.2, -0.15) is 5.10 Å². The second-order valence-corrected chi connectivity index (χ2v) is 5.06. The molecule has 0 bridgehead atoms. The third-order valence-electron chi connectivity index (χ3n) is 3.53. The fourth-order valence-electron chi connectivity index (χ4n) is 2.39. The Bertz CT molecular complexity index is 819. The molecule has 1 aromatic carbocycles. The summed E-state index contributed by atoms with van der Waals surface area (Å²) in [5, 5.41) is 9.18. The molecule has 0 saturated carbocycles. The lowest BCUT2D eigenvalue weighted by atomic mass is 10.1. The highest BCUT2D eigenvalue weighted by Crippen LogP contribution is 2.26. The second kappa shape index (κ2) is 5.52. The van der Waals surface area contributed by atoms with Gasteiger partial charge in [-0.3, -0.25) is 4.79 Å². The highest BCUT2D eigenvalue weighted by molar-refractivity contribution is 5.92. The SMILES string of the molecule is CCCCn1nc(-c2ccccc2)c2c(C)onc2c1=O. The van der Waals surface area contributed by atoms with E-state index in [0.29, 0.717) is 23.2 Å². The number of benzene rings is 1. The number of hydrogen-bond donors (Lipinski definition) is 0. The molecule has 0 radical (unpaired) electrons. The Balaban J connectivity index is 2.29. The molecule has 0 aliphatic carbocycles. The van der Waals surface area contributed by atoms with E-state index < -0.39 is 0 Å². The zero-order valence-electron chi connectivity index (χ0n) is 12.2. The van der Waals surface area contributed by atoms with Crippen LogP contribution in [0.3, 0.4) is 0 Å². The molecule has 0 unspecified atom stereocenters. The Hall–Kier alpha value is -2.43. The zero-order valence-corrected chi connectivity index (χ0v) is 12.2. The van der Waals surface area contributed by atoms with Gasteiger partial charge in [-0.25, -0.2) is 4.68 Å². The summed E-state index contributed by atoms with van der Waals surface area (Å²) in [5.41, 5.74) is 1.88. The van der Waals surface area contributed by atoms with Crippen molar-refractivity contribution in [3.63, 3.8) is 0 Å². The van der Waals surface area contributed by atoms with Crippen molar-refractivity contribution in [3.05, 3.63) is 46.4 Å². The summed E-state index contributed by atoms with van der Waals surface area (Å²) in [7, 11) is 0. The molecule has 0 aliphatic rings. The predicted octanol–water partition coefficient (Wildman–Crippen LogP) is 3.16. The lowest BCUT2D eigenvalue weighted by molar-refractivity contribution is 0.404. The minimum absolute atomic E-state index is 0.185. The van der Waals surface area contributed by atoms with E-state index in [4.69, 9.17) is 4.52 Å². The van der Waals surface area contributed by atoms with E-state index in [9.17, 15) is 4.79 Å². The van der Waals surface area contributed by atoms with Crippen molar-refractivity contribution in [1.29, 1.82) is 0 Å². The maximum atomic E-state index is 12.4. The van der Waals surface area contributed by atoms with E-state index in [2.05, 4.69) is 17.2 Å². The van der Waals surface area contributed by atoms with Gasteiger partial charge in [-0.1, -0.05) is 48.8 Å². The van der Waals surface area contributed by atoms with Crippen LogP contribution < -0.4 is 5.56 Å². The monoisotopic (exact) mass is 283 g/mol. The van der Waals surface area contributed by atoms with Gasteiger partial charge in [0.15, 0.2) is 5.52 Å². The zero-order chi connectivity index (χ0) is 14.8. The van der Waals surface area contributed by atoms with Crippen LogP contribution in [0.1, 0.15) is 25.5 Å². The van der Waals surface area contributed by atoms with Gasteiger partial charge in [0.05, 0.1) is 5.39 Å². The fourth-order valence-corrected chi connectivity index (χ4v) is 2.39. The van der Waals surface area contributed by atoms with Crippen molar-refractivity contribution in [1.82, 2.24) is 14.9 Å². The van der Waals surface area contributed by atoms with Crippen LogP contribution in [0.25, 0.3) is 22.2 Å². The number of aryl methyl sites for hydroxylation is 2. The first kappa shape index (κ1) is 13.5. The van der Waals surface area contributed by atoms with Crippen molar-refractivity contribution >= 4 is 10.9 Å². The maximum Gasteiger partial charge on any atom is 0.296 e. The van der Waals surface area contributed by atoms with E-state index in [1.807, 2.05) is 30.3 Å². The molecule has 0 atom stereocenters. The molecule has 5 nitrogen and oxygen atoms in total. The van der Waals surface area contributed by atoms with Gasteiger partial charge in [-0.15, -0.1) is 0 Å². The second-order valence-electron chi connectivity index (χ2n) is 5.06. The number of hydrogen-bond acceptors (Lipinski definition) is 4. The molecule has 3 aromatic rings. The lowest BCUT2D eigenvalue weighted by Gasteiger charge is -2.08. The van der Waals surface area contributed by atoms with Gasteiger partial charge in [0.1, 0.15) is 11.5 Å². The first-order chi connectivity index (χ1) is 10.2. The van der Waals surface area contributed by atoms with Crippen molar-refractivity contribution in [2.75, 3.05) is 0 Å². The summed E-state index contributed by atoms with van der Waals surface area (Å²) >= 11 is 0. The van der Waals surface area contributed by atoms with E-state index in [1.54, 1.807) is 6.92 Å². The summed E-state index contributed by atoms with van der Waals surface area (Å²) in [6.45, 7) is 4.48. The van der Waals surface area contributed by atoms with Gasteiger partial charge >= 0.3 is 0 Å². The molecule has 2 heterocycles. The molecule has 2 aromatic heterocycles. The lowest BCUT2D eigenvalue weighted by Crippen LogP contribution is -2.24. The summed E-state index contributed by atoms with van der Waals surface area (Å²) in [6, 6.07) is 9.81. The Labute approximate surface area is 122 Å². The van der Waals surface area contributed by atoms with Crippen LogP contribution in [-0.2, 0) is 6.54 Å². The molecule has 0 amide bonds. The molecule has 5 heteroatoms. The average Bonchev–Trinajstić information content (AvgIpc) is 2.90. The first-order valence-corrected chi connectivity index (χ1v) is 7.15. The Morgan fingerprint density at radius 3 is 2.71 bits per heavy atom. The maximum absolute atomic E-state index is 12.4. The van der Waals surface area contributed by atoms with Gasteiger partial charge in [0, 0.05) is 12.1 Å². The number of nitrogens with zero attached hydrogens (tertiary/aromatic N) is 3. The molecular formula is C16H17N3O2. The summed E-state index contributed by atoms with van der Waals surface area (Å²) < 4.78 is 6.71. The van der Waals surface area contributed by atoms with E-state index in [0.717, 1.165) is 24.1 Å². The quantitative estimate of drug-likeness (QED) is 0.738. The van der Waals surface area contributed by atoms with Crippen LogP contribution >= 0.6 is 0 Å². The van der Waals surface area contributed by atoms with Crippen LogP contribution in [0.5, 0.6) is 0 Å². The largest absolute Gasteiger partial charge is 0.360 e. The van der Waals surface area contributed by atoms with E-state index in [1.165, 1.54) is 4.68 Å². The summed E-state index contributed by atoms with van der Waals surface area (Å²) in [6.07, 6.45) is 1.91. The fraction of sp³-hybridized carbons (Fsp3) is 0.312. The Kier molecular flexibility index (Phi) is 3.56. The molecule has 0 spiro atoms.